The van der Waals surface area contributed by atoms with Crippen molar-refractivity contribution in [3.63, 3.8) is 0 Å². The fraction of sp³-hybridized carbons (Fsp3) is 0.357. The highest BCUT2D eigenvalue weighted by Crippen LogP contribution is 2.30. The number of rotatable bonds is 2. The van der Waals surface area contributed by atoms with Gasteiger partial charge in [0.15, 0.2) is 0 Å². The molecule has 0 radical (unpaired) electrons. The highest BCUT2D eigenvalue weighted by molar-refractivity contribution is 5.66. The molecule has 3 rings (SSSR count). The van der Waals surface area contributed by atoms with Crippen LogP contribution in [0.25, 0.3) is 11.4 Å². The third-order valence-corrected chi connectivity index (χ3v) is 3.31. The molecule has 94 valence electrons. The van der Waals surface area contributed by atoms with Gasteiger partial charge in [-0.25, -0.2) is 4.98 Å². The second kappa shape index (κ2) is 4.46. The first kappa shape index (κ1) is 11.3. The summed E-state index contributed by atoms with van der Waals surface area (Å²) in [6.07, 6.45) is 0.986. The lowest BCUT2D eigenvalue weighted by molar-refractivity contribution is 0.416. The zero-order valence-electron chi connectivity index (χ0n) is 10.7. The Morgan fingerprint density at radius 3 is 3.00 bits per heavy atom. The molecule has 0 bridgehead atoms. The number of nitrogens with zero attached hydrogens (tertiary/aromatic N) is 1. The summed E-state index contributed by atoms with van der Waals surface area (Å²) in [5.74, 6) is 1.77. The van der Waals surface area contributed by atoms with Gasteiger partial charge < -0.3 is 15.0 Å². The molecule has 1 aliphatic rings. The summed E-state index contributed by atoms with van der Waals surface area (Å²) >= 11 is 0. The third-order valence-electron chi connectivity index (χ3n) is 3.31. The number of methoxy groups -OCH3 is 1. The molecule has 0 saturated carbocycles. The van der Waals surface area contributed by atoms with Crippen LogP contribution in [0.1, 0.15) is 17.0 Å². The molecule has 2 N–H and O–H groups in total. The topological polar surface area (TPSA) is 49.9 Å². The number of ether oxygens (including phenoxy) is 1. The van der Waals surface area contributed by atoms with Crippen molar-refractivity contribution in [3.05, 3.63) is 35.2 Å². The number of benzene rings is 1. The van der Waals surface area contributed by atoms with Crippen LogP contribution in [0.4, 0.5) is 0 Å². The highest BCUT2D eigenvalue weighted by Gasteiger charge is 2.16. The van der Waals surface area contributed by atoms with Gasteiger partial charge >= 0.3 is 0 Å². The lowest BCUT2D eigenvalue weighted by atomic mass is 10.1. The number of nitrogens with one attached hydrogen (secondary N) is 2. The van der Waals surface area contributed by atoms with Gasteiger partial charge in [-0.15, -0.1) is 0 Å². The molecule has 1 aliphatic heterocycles. The number of imidazole rings is 1. The van der Waals surface area contributed by atoms with Gasteiger partial charge in [0.1, 0.15) is 11.6 Å². The number of hydrogen-bond acceptors (Lipinski definition) is 3. The highest BCUT2D eigenvalue weighted by atomic mass is 16.5. The van der Waals surface area contributed by atoms with Crippen LogP contribution in [-0.2, 0) is 13.0 Å². The molecule has 0 unspecified atom stereocenters. The third kappa shape index (κ3) is 1.88. The van der Waals surface area contributed by atoms with Crippen molar-refractivity contribution in [1.82, 2.24) is 15.3 Å². The van der Waals surface area contributed by atoms with Gasteiger partial charge in [-0.2, -0.15) is 0 Å². The van der Waals surface area contributed by atoms with Crippen LogP contribution >= 0.6 is 0 Å². The Bertz CT molecular complexity index is 551. The quantitative estimate of drug-likeness (QED) is 0.848. The lowest BCUT2D eigenvalue weighted by Gasteiger charge is -2.09. The zero-order chi connectivity index (χ0) is 12.5. The molecule has 18 heavy (non-hydrogen) atoms. The van der Waals surface area contributed by atoms with Crippen molar-refractivity contribution < 1.29 is 4.74 Å². The van der Waals surface area contributed by atoms with Gasteiger partial charge in [-0.05, 0) is 19.1 Å². The van der Waals surface area contributed by atoms with E-state index >= 15 is 0 Å². The maximum Gasteiger partial charge on any atom is 0.141 e. The summed E-state index contributed by atoms with van der Waals surface area (Å²) in [6.45, 7) is 3.95. The van der Waals surface area contributed by atoms with E-state index in [2.05, 4.69) is 23.3 Å². The number of hydrogen-bond donors (Lipinski definition) is 2. The Kier molecular flexibility index (Phi) is 2.80. The van der Waals surface area contributed by atoms with Gasteiger partial charge in [0.25, 0.3) is 0 Å². The van der Waals surface area contributed by atoms with Crippen LogP contribution in [-0.4, -0.2) is 23.6 Å². The molecule has 0 saturated heterocycles. The Balaban J connectivity index is 2.08. The van der Waals surface area contributed by atoms with E-state index in [4.69, 9.17) is 9.72 Å². The first-order valence-corrected chi connectivity index (χ1v) is 6.21. The molecule has 4 heteroatoms. The minimum absolute atomic E-state index is 0.861. The van der Waals surface area contributed by atoms with Crippen LogP contribution in [0.15, 0.2) is 18.2 Å². The van der Waals surface area contributed by atoms with Gasteiger partial charge in [0, 0.05) is 19.5 Å². The fourth-order valence-corrected chi connectivity index (χ4v) is 2.35. The van der Waals surface area contributed by atoms with E-state index in [1.54, 1.807) is 7.11 Å². The molecule has 0 aliphatic carbocycles. The molecule has 1 aromatic carbocycles. The van der Waals surface area contributed by atoms with Crippen molar-refractivity contribution in [1.29, 1.82) is 0 Å². The minimum atomic E-state index is 0.861. The molecule has 0 fully saturated rings. The molecule has 2 heterocycles. The van der Waals surface area contributed by atoms with Crippen LogP contribution in [0, 0.1) is 6.92 Å². The average Bonchev–Trinajstić information content (AvgIpc) is 2.82. The van der Waals surface area contributed by atoms with Gasteiger partial charge in [-0.1, -0.05) is 11.6 Å². The summed E-state index contributed by atoms with van der Waals surface area (Å²) in [6, 6.07) is 6.15. The predicted molar refractivity (Wildman–Crippen MR) is 70.7 cm³/mol. The summed E-state index contributed by atoms with van der Waals surface area (Å²) in [7, 11) is 1.69. The first-order chi connectivity index (χ1) is 8.78. The van der Waals surface area contributed by atoms with E-state index in [9.17, 15) is 0 Å². The van der Waals surface area contributed by atoms with E-state index in [0.29, 0.717) is 0 Å². The molecule has 0 atom stereocenters. The molecular formula is C14H17N3O. The van der Waals surface area contributed by atoms with E-state index in [1.807, 2.05) is 12.1 Å². The Morgan fingerprint density at radius 2 is 2.22 bits per heavy atom. The second-order valence-electron chi connectivity index (χ2n) is 4.64. The summed E-state index contributed by atoms with van der Waals surface area (Å²) in [5, 5.41) is 3.34. The van der Waals surface area contributed by atoms with E-state index in [-0.39, 0.29) is 0 Å². The average molecular weight is 243 g/mol. The van der Waals surface area contributed by atoms with Crippen molar-refractivity contribution in [2.45, 2.75) is 19.9 Å². The smallest absolute Gasteiger partial charge is 0.141 e. The monoisotopic (exact) mass is 243 g/mol. The van der Waals surface area contributed by atoms with Crippen LogP contribution in [0.2, 0.25) is 0 Å². The summed E-state index contributed by atoms with van der Waals surface area (Å²) in [5.41, 5.74) is 4.61. The Morgan fingerprint density at radius 1 is 1.33 bits per heavy atom. The first-order valence-electron chi connectivity index (χ1n) is 6.21. The maximum atomic E-state index is 5.41. The number of H-pyrrole nitrogens is 1. The van der Waals surface area contributed by atoms with E-state index < -0.39 is 0 Å². The summed E-state index contributed by atoms with van der Waals surface area (Å²) in [4.78, 5) is 8.09. The van der Waals surface area contributed by atoms with Crippen molar-refractivity contribution in [2.75, 3.05) is 13.7 Å². The number of aryl methyl sites for hydroxylation is 1. The van der Waals surface area contributed by atoms with Gasteiger partial charge in [-0.3, -0.25) is 0 Å². The zero-order valence-corrected chi connectivity index (χ0v) is 10.7. The van der Waals surface area contributed by atoms with Crippen LogP contribution < -0.4 is 10.1 Å². The van der Waals surface area contributed by atoms with E-state index in [1.165, 1.54) is 17.0 Å². The molecule has 2 aromatic rings. The Hall–Kier alpha value is -1.81. The number of aromatic amines is 1. The summed E-state index contributed by atoms with van der Waals surface area (Å²) < 4.78 is 5.41. The second-order valence-corrected chi connectivity index (χ2v) is 4.64. The number of aromatic nitrogens is 2. The van der Waals surface area contributed by atoms with Crippen LogP contribution in [0.3, 0.4) is 0 Å². The van der Waals surface area contributed by atoms with Crippen molar-refractivity contribution in [2.24, 2.45) is 0 Å². The molecule has 1 aromatic heterocycles. The Labute approximate surface area is 106 Å². The lowest BCUT2D eigenvalue weighted by Crippen LogP contribution is -2.23. The maximum absolute atomic E-state index is 5.41. The minimum Gasteiger partial charge on any atom is -0.496 e. The number of fused-ring (bicyclic) bond motifs is 1. The molecular weight excluding hydrogens is 226 g/mol. The molecule has 0 spiro atoms. The van der Waals surface area contributed by atoms with Crippen LogP contribution in [0.5, 0.6) is 5.75 Å². The largest absolute Gasteiger partial charge is 0.496 e. The van der Waals surface area contributed by atoms with Crippen molar-refractivity contribution >= 4 is 0 Å². The normalized spacial score (nSPS) is 14.3. The molecule has 4 nitrogen and oxygen atoms in total. The fourth-order valence-electron chi connectivity index (χ4n) is 2.35. The van der Waals surface area contributed by atoms with E-state index in [0.717, 1.165) is 36.6 Å². The van der Waals surface area contributed by atoms with Gasteiger partial charge in [0.05, 0.1) is 24.1 Å². The SMILES string of the molecule is COc1ccc(C)cc1-c1nc2c([nH]1)CNCC2. The predicted octanol–water partition coefficient (Wildman–Crippen LogP) is 2.04. The molecule has 0 amide bonds. The van der Waals surface area contributed by atoms with Gasteiger partial charge in [0.2, 0.25) is 0 Å². The standard InChI is InChI=1S/C14H17N3O/c1-9-3-4-13(18-2)10(7-9)14-16-11-5-6-15-8-12(11)17-14/h3-4,7,15H,5-6,8H2,1-2H3,(H,16,17). The van der Waals surface area contributed by atoms with Crippen molar-refractivity contribution in [3.8, 4) is 17.1 Å².